The van der Waals surface area contributed by atoms with Gasteiger partial charge in [-0.2, -0.15) is 0 Å². The molecule has 2 N–H and O–H groups in total. The van der Waals surface area contributed by atoms with Gasteiger partial charge in [-0.1, -0.05) is 6.07 Å². The average molecular weight is 456 g/mol. The fourth-order valence-corrected chi connectivity index (χ4v) is 4.45. The highest BCUT2D eigenvalue weighted by molar-refractivity contribution is 7.17. The number of amides is 2. The average Bonchev–Trinajstić information content (AvgIpc) is 3.20. The number of thiophene rings is 1. The zero-order valence-electron chi connectivity index (χ0n) is 18.2. The molecule has 10 heteroatoms. The highest BCUT2D eigenvalue weighted by Crippen LogP contribution is 2.32. The third-order valence-electron chi connectivity index (χ3n) is 5.24. The molecule has 32 heavy (non-hydrogen) atoms. The topological polar surface area (TPSA) is 108 Å². The van der Waals surface area contributed by atoms with E-state index >= 15 is 0 Å². The predicted octanol–water partition coefficient (Wildman–Crippen LogP) is 2.41. The quantitative estimate of drug-likeness (QED) is 0.612. The predicted molar refractivity (Wildman–Crippen MR) is 124 cm³/mol. The summed E-state index contributed by atoms with van der Waals surface area (Å²) in [5.74, 6) is -0.212. The van der Waals surface area contributed by atoms with E-state index < -0.39 is 5.91 Å². The number of para-hydroxylation sites is 1. The Hall–Kier alpha value is -3.24. The molecule has 0 unspecified atom stereocenters. The number of benzene rings is 1. The van der Waals surface area contributed by atoms with Gasteiger partial charge in [0.15, 0.2) is 5.75 Å². The number of nitrogens with one attached hydrogen (secondary N) is 2. The van der Waals surface area contributed by atoms with Crippen LogP contribution in [0.5, 0.6) is 5.75 Å². The lowest BCUT2D eigenvalue weighted by Crippen LogP contribution is -2.47. The van der Waals surface area contributed by atoms with E-state index in [1.165, 1.54) is 6.33 Å². The highest BCUT2D eigenvalue weighted by Gasteiger charge is 2.26. The first-order valence-corrected chi connectivity index (χ1v) is 11.3. The molecule has 4 rings (SSSR count). The van der Waals surface area contributed by atoms with Crippen LogP contribution in [0.25, 0.3) is 10.2 Å². The SMILES string of the molecule is CC(C)Oc1c(NC(=O)c2csc3c(=O)[nH]cnc23)cccc1C(=O)N1CCN(C)CC1. The van der Waals surface area contributed by atoms with Crippen LogP contribution < -0.4 is 15.6 Å². The number of carbonyl (C=O) groups excluding carboxylic acids is 2. The molecular weight excluding hydrogens is 430 g/mol. The van der Waals surface area contributed by atoms with Crippen molar-refractivity contribution in [1.82, 2.24) is 19.8 Å². The molecule has 0 aliphatic carbocycles. The van der Waals surface area contributed by atoms with Crippen LogP contribution >= 0.6 is 11.3 Å². The molecule has 1 saturated heterocycles. The lowest BCUT2D eigenvalue weighted by Gasteiger charge is -2.33. The molecule has 9 nitrogen and oxygen atoms in total. The van der Waals surface area contributed by atoms with Crippen molar-refractivity contribution in [3.8, 4) is 5.75 Å². The van der Waals surface area contributed by atoms with Gasteiger partial charge < -0.3 is 24.8 Å². The zero-order valence-corrected chi connectivity index (χ0v) is 19.0. The third kappa shape index (κ3) is 4.37. The number of ether oxygens (including phenoxy) is 1. The summed E-state index contributed by atoms with van der Waals surface area (Å²) >= 11 is 1.16. The second-order valence-electron chi connectivity index (χ2n) is 7.96. The molecule has 0 spiro atoms. The minimum Gasteiger partial charge on any atom is -0.488 e. The number of piperazine rings is 1. The Kier molecular flexibility index (Phi) is 6.24. The van der Waals surface area contributed by atoms with Crippen molar-refractivity contribution < 1.29 is 14.3 Å². The maximum atomic E-state index is 13.3. The number of fused-ring (bicyclic) bond motifs is 1. The van der Waals surface area contributed by atoms with E-state index in [9.17, 15) is 14.4 Å². The minimum absolute atomic E-state index is 0.126. The summed E-state index contributed by atoms with van der Waals surface area (Å²) in [6, 6.07) is 5.14. The van der Waals surface area contributed by atoms with Crippen molar-refractivity contribution in [3.05, 3.63) is 51.4 Å². The van der Waals surface area contributed by atoms with E-state index in [0.717, 1.165) is 24.4 Å². The smallest absolute Gasteiger partial charge is 0.268 e. The first kappa shape index (κ1) is 22.0. The molecule has 3 aromatic rings. The van der Waals surface area contributed by atoms with E-state index in [-0.39, 0.29) is 17.6 Å². The Bertz CT molecular complexity index is 1210. The first-order valence-electron chi connectivity index (χ1n) is 10.4. The Balaban J connectivity index is 1.66. The summed E-state index contributed by atoms with van der Waals surface area (Å²) in [4.78, 5) is 48.9. The zero-order chi connectivity index (χ0) is 22.8. The molecule has 168 valence electrons. The number of anilines is 1. The molecule has 1 fully saturated rings. The van der Waals surface area contributed by atoms with Crippen molar-refractivity contribution in [1.29, 1.82) is 0 Å². The summed E-state index contributed by atoms with van der Waals surface area (Å²) < 4.78 is 6.38. The van der Waals surface area contributed by atoms with Crippen LogP contribution in [0.3, 0.4) is 0 Å². The molecule has 2 aromatic heterocycles. The fourth-order valence-electron chi connectivity index (χ4n) is 3.56. The monoisotopic (exact) mass is 455 g/mol. The van der Waals surface area contributed by atoms with Crippen LogP contribution in [0.4, 0.5) is 5.69 Å². The fraction of sp³-hybridized carbons (Fsp3) is 0.364. The van der Waals surface area contributed by atoms with Crippen molar-refractivity contribution in [2.45, 2.75) is 20.0 Å². The largest absolute Gasteiger partial charge is 0.488 e. The molecule has 2 amide bonds. The van der Waals surface area contributed by atoms with Gasteiger partial charge >= 0.3 is 0 Å². The molecule has 0 atom stereocenters. The lowest BCUT2D eigenvalue weighted by atomic mass is 10.1. The second-order valence-corrected chi connectivity index (χ2v) is 8.84. The van der Waals surface area contributed by atoms with Gasteiger partial charge in [0.2, 0.25) is 0 Å². The van der Waals surface area contributed by atoms with E-state index in [1.807, 2.05) is 20.9 Å². The molecule has 0 radical (unpaired) electrons. The van der Waals surface area contributed by atoms with E-state index in [2.05, 4.69) is 20.2 Å². The summed E-state index contributed by atoms with van der Waals surface area (Å²) in [6.45, 7) is 6.61. The number of rotatable bonds is 5. The van der Waals surface area contributed by atoms with Crippen molar-refractivity contribution in [3.63, 3.8) is 0 Å². The van der Waals surface area contributed by atoms with E-state index in [0.29, 0.717) is 45.9 Å². The molecule has 0 bridgehead atoms. The van der Waals surface area contributed by atoms with E-state index in [1.54, 1.807) is 28.5 Å². The summed E-state index contributed by atoms with van der Waals surface area (Å²) in [5, 5.41) is 4.45. The number of aromatic amines is 1. The van der Waals surface area contributed by atoms with Gasteiger partial charge in [0.05, 0.1) is 29.2 Å². The number of aromatic nitrogens is 2. The molecule has 1 aromatic carbocycles. The Labute approximate surface area is 189 Å². The Morgan fingerprint density at radius 2 is 1.94 bits per heavy atom. The van der Waals surface area contributed by atoms with Gasteiger partial charge in [0.1, 0.15) is 10.2 Å². The summed E-state index contributed by atoms with van der Waals surface area (Å²) in [7, 11) is 2.03. The molecule has 1 aliphatic rings. The Morgan fingerprint density at radius 1 is 1.19 bits per heavy atom. The van der Waals surface area contributed by atoms with Gasteiger partial charge in [0.25, 0.3) is 17.4 Å². The van der Waals surface area contributed by atoms with E-state index in [4.69, 9.17) is 4.74 Å². The summed E-state index contributed by atoms with van der Waals surface area (Å²) in [5.41, 5.74) is 1.15. The van der Waals surface area contributed by atoms with Gasteiger partial charge in [-0.3, -0.25) is 14.4 Å². The summed E-state index contributed by atoms with van der Waals surface area (Å²) in [6.07, 6.45) is 1.07. The third-order valence-corrected chi connectivity index (χ3v) is 6.21. The van der Waals surface area contributed by atoms with Crippen LogP contribution in [-0.4, -0.2) is 70.9 Å². The van der Waals surface area contributed by atoms with Crippen LogP contribution in [0, 0.1) is 0 Å². The molecule has 1 aliphatic heterocycles. The van der Waals surface area contributed by atoms with Gasteiger partial charge in [-0.05, 0) is 33.0 Å². The molecule has 3 heterocycles. The highest BCUT2D eigenvalue weighted by atomic mass is 32.1. The van der Waals surface area contributed by atoms with Gasteiger partial charge in [0, 0.05) is 31.6 Å². The van der Waals surface area contributed by atoms with Crippen molar-refractivity contribution >= 4 is 39.1 Å². The minimum atomic E-state index is -0.424. The van der Waals surface area contributed by atoms with Crippen molar-refractivity contribution in [2.75, 3.05) is 38.5 Å². The lowest BCUT2D eigenvalue weighted by molar-refractivity contribution is 0.0658. The number of likely N-dealkylation sites (N-methyl/N-ethyl adjacent to an activating group) is 1. The maximum absolute atomic E-state index is 13.3. The first-order chi connectivity index (χ1) is 15.3. The van der Waals surface area contributed by atoms with Crippen LogP contribution in [0.15, 0.2) is 34.7 Å². The van der Waals surface area contributed by atoms with Crippen LogP contribution in [0.2, 0.25) is 0 Å². The van der Waals surface area contributed by atoms with Gasteiger partial charge in [-0.15, -0.1) is 11.3 Å². The molecular formula is C22H25N5O4S. The number of nitrogens with zero attached hydrogens (tertiary/aromatic N) is 3. The van der Waals surface area contributed by atoms with Crippen molar-refractivity contribution in [2.24, 2.45) is 0 Å². The van der Waals surface area contributed by atoms with Crippen LogP contribution in [-0.2, 0) is 0 Å². The number of carbonyl (C=O) groups is 2. The van der Waals surface area contributed by atoms with Crippen LogP contribution in [0.1, 0.15) is 34.6 Å². The number of hydrogen-bond donors (Lipinski definition) is 2. The van der Waals surface area contributed by atoms with Gasteiger partial charge in [-0.25, -0.2) is 4.98 Å². The number of H-pyrrole nitrogens is 1. The standard InChI is InChI=1S/C22H25N5O4S/c1-13(2)31-18-14(22(30)27-9-7-26(3)8-10-27)5-4-6-16(18)25-20(28)15-11-32-19-17(15)23-12-24-21(19)29/h4-6,11-13H,7-10H2,1-3H3,(H,25,28)(H,23,24,29). The second kappa shape index (κ2) is 9.09. The molecule has 0 saturated carbocycles. The normalized spacial score (nSPS) is 14.7. The number of hydrogen-bond acceptors (Lipinski definition) is 7. The maximum Gasteiger partial charge on any atom is 0.268 e. The Morgan fingerprint density at radius 3 is 2.66 bits per heavy atom.